The van der Waals surface area contributed by atoms with Crippen LogP contribution < -0.4 is 24.3 Å². The van der Waals surface area contributed by atoms with E-state index in [1.165, 1.54) is 17.9 Å². The summed E-state index contributed by atoms with van der Waals surface area (Å²) < 4.78 is 38.3. The Balaban J connectivity index is 1.91. The van der Waals surface area contributed by atoms with E-state index in [0.717, 1.165) is 0 Å². The number of carbonyl (C=O) groups excluding carboxylic acids is 2. The lowest BCUT2D eigenvalue weighted by Gasteiger charge is -2.26. The number of Topliss-reactive ketones (excluding diaryl/α,β-unsaturated/α-hetero) is 1. The maximum absolute atomic E-state index is 15.5. The minimum absolute atomic E-state index is 0.0586. The molecule has 0 unspecified atom stereocenters. The average Bonchev–Trinajstić information content (AvgIpc) is 3.25. The molecule has 0 aromatic heterocycles. The Hall–Kier alpha value is -4.35. The van der Waals surface area contributed by atoms with Gasteiger partial charge in [0.25, 0.3) is 0 Å². The highest BCUT2D eigenvalue weighted by Crippen LogP contribution is 2.41. The molecule has 0 bridgehead atoms. The summed E-state index contributed by atoms with van der Waals surface area (Å²) in [6.45, 7) is 11.2. The predicted octanol–water partition coefficient (Wildman–Crippen LogP) is 4.70. The molecular weight excluding hydrogens is 573 g/mol. The number of unbranched alkanes of at least 4 members (excludes halogenated alkanes) is 1. The molecule has 2 aromatic carbocycles. The van der Waals surface area contributed by atoms with E-state index in [1.807, 2.05) is 20.8 Å². The van der Waals surface area contributed by atoms with Crippen molar-refractivity contribution >= 4 is 23.5 Å². The minimum Gasteiger partial charge on any atom is -0.490 e. The van der Waals surface area contributed by atoms with Crippen LogP contribution in [0.3, 0.4) is 0 Å². The fourth-order valence-electron chi connectivity index (χ4n) is 4.81. The molecule has 0 spiro atoms. The zero-order valence-corrected chi connectivity index (χ0v) is 26.2. The summed E-state index contributed by atoms with van der Waals surface area (Å²) >= 11 is 0. The van der Waals surface area contributed by atoms with Crippen LogP contribution in [0.2, 0.25) is 0 Å². The summed E-state index contributed by atoms with van der Waals surface area (Å²) in [5.74, 6) is -1.83. The number of amidine groups is 1. The third kappa shape index (κ3) is 8.39. The molecule has 0 aliphatic carbocycles. The summed E-state index contributed by atoms with van der Waals surface area (Å²) in [7, 11) is 0. The highest BCUT2D eigenvalue weighted by molar-refractivity contribution is 6.06. The summed E-state index contributed by atoms with van der Waals surface area (Å²) in [5, 5.41) is 20.7. The van der Waals surface area contributed by atoms with Crippen molar-refractivity contribution < 1.29 is 42.8 Å². The zero-order chi connectivity index (χ0) is 32.6. The molecule has 1 aliphatic rings. The largest absolute Gasteiger partial charge is 0.490 e. The molecule has 240 valence electrons. The highest BCUT2D eigenvalue weighted by Gasteiger charge is 2.34. The second-order valence-electron chi connectivity index (χ2n) is 11.4. The second kappa shape index (κ2) is 14.9. The molecule has 2 aromatic rings. The Labute approximate surface area is 257 Å². The number of amides is 1. The van der Waals surface area contributed by atoms with Crippen LogP contribution >= 0.6 is 0 Å². The molecule has 0 saturated carbocycles. The topological polar surface area (TPSA) is 147 Å². The van der Waals surface area contributed by atoms with Crippen LogP contribution in [-0.2, 0) is 21.5 Å². The number of nitrogens with one attached hydrogen (secondary N) is 2. The number of ketones is 1. The number of ether oxygens (including phenoxy) is 4. The maximum Gasteiger partial charge on any atom is 0.341 e. The van der Waals surface area contributed by atoms with Gasteiger partial charge in [-0.05, 0) is 55.9 Å². The van der Waals surface area contributed by atoms with Crippen molar-refractivity contribution in [1.29, 1.82) is 5.41 Å². The SMILES string of the molecule is CCOc1cc2c(c(F)c1OCC)C(=N)N(CC(=O)c1cc(OCCCCNC(C)=O)c(OCC(=O)O)c(C(C)(C)C)c1)C2. The Morgan fingerprint density at radius 1 is 1.00 bits per heavy atom. The van der Waals surface area contributed by atoms with Crippen LogP contribution in [0.25, 0.3) is 0 Å². The van der Waals surface area contributed by atoms with Crippen molar-refractivity contribution in [3.63, 3.8) is 0 Å². The molecule has 11 nitrogen and oxygen atoms in total. The number of fused-ring (bicyclic) bond motifs is 1. The Morgan fingerprint density at radius 3 is 2.30 bits per heavy atom. The van der Waals surface area contributed by atoms with Gasteiger partial charge in [0.15, 0.2) is 41.2 Å². The standard InChI is InChI=1S/C32H42FN3O8/c1-7-41-25-15-21-16-36(31(34)27(21)28(33)30(25)42-8-2)17-23(38)20-13-22(32(4,5)6)29(44-18-26(39)40)24(14-20)43-12-10-9-11-35-19(3)37/h13-15,34H,7-12,16-18H2,1-6H3,(H,35,37)(H,39,40). The number of carbonyl (C=O) groups is 3. The van der Waals surface area contributed by atoms with Crippen LogP contribution in [0.5, 0.6) is 23.0 Å². The van der Waals surface area contributed by atoms with E-state index in [0.29, 0.717) is 37.1 Å². The molecule has 3 rings (SSSR count). The van der Waals surface area contributed by atoms with E-state index in [1.54, 1.807) is 26.0 Å². The lowest BCUT2D eigenvalue weighted by atomic mass is 9.84. The van der Waals surface area contributed by atoms with Crippen molar-refractivity contribution in [1.82, 2.24) is 10.2 Å². The number of aliphatic carboxylic acids is 1. The number of halogens is 1. The summed E-state index contributed by atoms with van der Waals surface area (Å²) in [5.41, 5.74) is 0.883. The smallest absolute Gasteiger partial charge is 0.341 e. The van der Waals surface area contributed by atoms with Gasteiger partial charge in [0.2, 0.25) is 5.91 Å². The molecule has 1 amide bonds. The van der Waals surface area contributed by atoms with Gasteiger partial charge in [-0.3, -0.25) is 15.0 Å². The molecule has 12 heteroatoms. The van der Waals surface area contributed by atoms with Gasteiger partial charge < -0.3 is 34.3 Å². The Morgan fingerprint density at radius 2 is 1.68 bits per heavy atom. The van der Waals surface area contributed by atoms with Crippen molar-refractivity contribution in [2.75, 3.05) is 39.5 Å². The minimum atomic E-state index is -1.16. The van der Waals surface area contributed by atoms with Crippen molar-refractivity contribution in [2.24, 2.45) is 0 Å². The Kier molecular flexibility index (Phi) is 11.6. The fourth-order valence-corrected chi connectivity index (χ4v) is 4.81. The third-order valence-electron chi connectivity index (χ3n) is 6.83. The van der Waals surface area contributed by atoms with Crippen LogP contribution in [0, 0.1) is 11.2 Å². The summed E-state index contributed by atoms with van der Waals surface area (Å²) in [6.07, 6.45) is 1.24. The van der Waals surface area contributed by atoms with Crippen LogP contribution in [-0.4, -0.2) is 73.0 Å². The van der Waals surface area contributed by atoms with Gasteiger partial charge in [-0.25, -0.2) is 9.18 Å². The number of benzene rings is 2. The zero-order valence-electron chi connectivity index (χ0n) is 26.2. The normalized spacial score (nSPS) is 12.5. The van der Waals surface area contributed by atoms with Crippen LogP contribution in [0.15, 0.2) is 18.2 Å². The van der Waals surface area contributed by atoms with Crippen molar-refractivity contribution in [2.45, 2.75) is 66.3 Å². The first-order valence-corrected chi connectivity index (χ1v) is 14.7. The molecule has 0 radical (unpaired) electrons. The first-order chi connectivity index (χ1) is 20.8. The van der Waals surface area contributed by atoms with E-state index >= 15 is 4.39 Å². The number of hydrogen-bond donors (Lipinski definition) is 3. The van der Waals surface area contributed by atoms with E-state index in [9.17, 15) is 19.5 Å². The van der Waals surface area contributed by atoms with Gasteiger partial charge in [-0.2, -0.15) is 0 Å². The Bertz CT molecular complexity index is 1400. The lowest BCUT2D eigenvalue weighted by Crippen LogP contribution is -2.31. The number of carboxylic acid groups (broad SMARTS) is 1. The summed E-state index contributed by atoms with van der Waals surface area (Å²) in [4.78, 5) is 37.6. The molecule has 0 atom stereocenters. The van der Waals surface area contributed by atoms with Gasteiger partial charge in [0.05, 0.1) is 31.9 Å². The average molecular weight is 616 g/mol. The fraction of sp³-hybridized carbons (Fsp3) is 0.500. The maximum atomic E-state index is 15.5. The molecule has 1 aliphatic heterocycles. The van der Waals surface area contributed by atoms with Gasteiger partial charge in [-0.15, -0.1) is 0 Å². The molecule has 1 heterocycles. The van der Waals surface area contributed by atoms with E-state index < -0.39 is 23.8 Å². The molecule has 3 N–H and O–H groups in total. The van der Waals surface area contributed by atoms with E-state index in [-0.39, 0.29) is 78.0 Å². The number of carboxylic acids is 1. The monoisotopic (exact) mass is 615 g/mol. The lowest BCUT2D eigenvalue weighted by molar-refractivity contribution is -0.139. The molecular formula is C32H42FN3O8. The quantitative estimate of drug-likeness (QED) is 0.181. The van der Waals surface area contributed by atoms with Gasteiger partial charge in [0.1, 0.15) is 5.84 Å². The van der Waals surface area contributed by atoms with Crippen LogP contribution in [0.4, 0.5) is 4.39 Å². The van der Waals surface area contributed by atoms with Crippen molar-refractivity contribution in [3.8, 4) is 23.0 Å². The molecule has 0 saturated heterocycles. The first kappa shape index (κ1) is 34.1. The number of hydrogen-bond acceptors (Lipinski definition) is 8. The van der Waals surface area contributed by atoms with Gasteiger partial charge >= 0.3 is 5.97 Å². The van der Waals surface area contributed by atoms with Crippen molar-refractivity contribution in [3.05, 3.63) is 46.3 Å². The predicted molar refractivity (Wildman–Crippen MR) is 162 cm³/mol. The van der Waals surface area contributed by atoms with E-state index in [4.69, 9.17) is 24.4 Å². The molecule has 0 fully saturated rings. The number of rotatable bonds is 16. The third-order valence-corrected chi connectivity index (χ3v) is 6.83. The number of nitrogens with zero attached hydrogens (tertiary/aromatic N) is 1. The van der Waals surface area contributed by atoms with E-state index in [2.05, 4.69) is 5.32 Å². The van der Waals surface area contributed by atoms with Crippen LogP contribution in [0.1, 0.15) is 81.4 Å². The van der Waals surface area contributed by atoms with Gasteiger partial charge in [0, 0.05) is 31.1 Å². The summed E-state index contributed by atoms with van der Waals surface area (Å²) in [6, 6.07) is 4.81. The second-order valence-corrected chi connectivity index (χ2v) is 11.4. The highest BCUT2D eigenvalue weighted by atomic mass is 19.1. The molecule has 44 heavy (non-hydrogen) atoms. The first-order valence-electron chi connectivity index (χ1n) is 14.7. The van der Waals surface area contributed by atoms with Gasteiger partial charge in [-0.1, -0.05) is 20.8 Å².